The second-order valence-corrected chi connectivity index (χ2v) is 4.44. The summed E-state index contributed by atoms with van der Waals surface area (Å²) in [4.78, 5) is 0. The van der Waals surface area contributed by atoms with Gasteiger partial charge in [-0.05, 0) is 32.3 Å². The Morgan fingerprint density at radius 2 is 2.15 bits per heavy atom. The normalized spacial score (nSPS) is 12.5. The predicted molar refractivity (Wildman–Crippen MR) is 52.4 cm³/mol. The van der Waals surface area contributed by atoms with E-state index < -0.39 is 5.60 Å². The van der Waals surface area contributed by atoms with Crippen LogP contribution in [0.2, 0.25) is 0 Å². The van der Waals surface area contributed by atoms with Gasteiger partial charge in [-0.15, -0.1) is 0 Å². The maximum atomic E-state index is 9.65. The molecule has 0 bridgehead atoms. The smallest absolute Gasteiger partial charge is 0.103 e. The van der Waals surface area contributed by atoms with E-state index in [4.69, 9.17) is 0 Å². The van der Waals surface area contributed by atoms with E-state index in [0.717, 1.165) is 12.1 Å². The van der Waals surface area contributed by atoms with Gasteiger partial charge in [0.1, 0.15) is 5.60 Å². The molecule has 0 aliphatic heterocycles. The molecule has 0 radical (unpaired) electrons. The van der Waals surface area contributed by atoms with Crippen LogP contribution in [0.5, 0.6) is 0 Å². The molecule has 0 amide bonds. The number of nitrogens with one attached hydrogen (secondary N) is 1. The third-order valence-electron chi connectivity index (χ3n) is 1.89. The number of rotatable bonds is 3. The van der Waals surface area contributed by atoms with E-state index in [9.17, 15) is 5.11 Å². The lowest BCUT2D eigenvalue weighted by molar-refractivity contribution is 0.0738. The lowest BCUT2D eigenvalue weighted by Gasteiger charge is -2.12. The van der Waals surface area contributed by atoms with E-state index in [2.05, 4.69) is 24.0 Å². The fraction of sp³-hybridized carbons (Fsp3) is 0.700. The number of hydrogen-bond donors (Lipinski definition) is 2. The van der Waals surface area contributed by atoms with Gasteiger partial charge in [-0.2, -0.15) is 5.10 Å². The number of H-pyrrole nitrogens is 1. The fourth-order valence-electron chi connectivity index (χ4n) is 1.22. The average molecular weight is 182 g/mol. The van der Waals surface area contributed by atoms with E-state index in [1.165, 1.54) is 0 Å². The Balaban J connectivity index is 2.75. The summed E-state index contributed by atoms with van der Waals surface area (Å²) in [6, 6.07) is 1.93. The van der Waals surface area contributed by atoms with E-state index in [1.54, 1.807) is 13.8 Å². The van der Waals surface area contributed by atoms with Crippen LogP contribution in [-0.2, 0) is 12.0 Å². The molecule has 1 rings (SSSR count). The molecular weight excluding hydrogens is 164 g/mol. The molecule has 0 spiro atoms. The summed E-state index contributed by atoms with van der Waals surface area (Å²) in [5, 5.41) is 16.7. The summed E-state index contributed by atoms with van der Waals surface area (Å²) in [5.41, 5.74) is 0.960. The molecule has 0 saturated carbocycles. The van der Waals surface area contributed by atoms with Crippen molar-refractivity contribution in [3.8, 4) is 0 Å². The van der Waals surface area contributed by atoms with E-state index in [-0.39, 0.29) is 0 Å². The summed E-state index contributed by atoms with van der Waals surface area (Å²) >= 11 is 0. The molecule has 3 nitrogen and oxygen atoms in total. The molecule has 74 valence electrons. The third kappa shape index (κ3) is 2.84. The third-order valence-corrected chi connectivity index (χ3v) is 1.89. The van der Waals surface area contributed by atoms with Crippen molar-refractivity contribution in [2.24, 2.45) is 5.92 Å². The minimum absolute atomic E-state index is 0.607. The van der Waals surface area contributed by atoms with Gasteiger partial charge < -0.3 is 5.11 Å². The lowest BCUT2D eigenvalue weighted by atomic mass is 10.0. The second kappa shape index (κ2) is 3.50. The van der Waals surface area contributed by atoms with Crippen molar-refractivity contribution >= 4 is 0 Å². The van der Waals surface area contributed by atoms with Crippen LogP contribution in [0.3, 0.4) is 0 Å². The first-order chi connectivity index (χ1) is 5.89. The van der Waals surface area contributed by atoms with Gasteiger partial charge in [0.05, 0.1) is 5.69 Å². The maximum absolute atomic E-state index is 9.65. The Hall–Kier alpha value is -0.830. The highest BCUT2D eigenvalue weighted by Gasteiger charge is 2.19. The van der Waals surface area contributed by atoms with Crippen molar-refractivity contribution in [3.63, 3.8) is 0 Å². The van der Waals surface area contributed by atoms with Gasteiger partial charge in [-0.1, -0.05) is 13.8 Å². The molecule has 13 heavy (non-hydrogen) atoms. The first-order valence-electron chi connectivity index (χ1n) is 4.66. The minimum atomic E-state index is -0.842. The van der Waals surface area contributed by atoms with Gasteiger partial charge in [0, 0.05) is 5.69 Å². The van der Waals surface area contributed by atoms with Crippen LogP contribution in [0.15, 0.2) is 6.07 Å². The van der Waals surface area contributed by atoms with Crippen molar-refractivity contribution in [1.82, 2.24) is 10.2 Å². The van der Waals surface area contributed by atoms with Crippen LogP contribution >= 0.6 is 0 Å². The van der Waals surface area contributed by atoms with Crippen LogP contribution in [0.4, 0.5) is 0 Å². The quantitative estimate of drug-likeness (QED) is 0.749. The van der Waals surface area contributed by atoms with Crippen LogP contribution in [0.1, 0.15) is 39.1 Å². The molecule has 0 aromatic carbocycles. The van der Waals surface area contributed by atoms with Crippen molar-refractivity contribution in [3.05, 3.63) is 17.5 Å². The highest BCUT2D eigenvalue weighted by molar-refractivity contribution is 5.14. The summed E-state index contributed by atoms with van der Waals surface area (Å²) in [5.74, 6) is 0.607. The predicted octanol–water partition coefficient (Wildman–Crippen LogP) is 1.84. The highest BCUT2D eigenvalue weighted by Crippen LogP contribution is 2.18. The zero-order chi connectivity index (χ0) is 10.1. The van der Waals surface area contributed by atoms with E-state index in [0.29, 0.717) is 11.6 Å². The van der Waals surface area contributed by atoms with Crippen LogP contribution < -0.4 is 0 Å². The molecule has 2 N–H and O–H groups in total. The SMILES string of the molecule is CC(C)Cc1cc(C(C)(C)O)n[nH]1. The summed E-state index contributed by atoms with van der Waals surface area (Å²) in [6.07, 6.45) is 0.975. The minimum Gasteiger partial charge on any atom is -0.384 e. The maximum Gasteiger partial charge on any atom is 0.103 e. The average Bonchev–Trinajstić information content (AvgIpc) is 2.32. The van der Waals surface area contributed by atoms with Gasteiger partial charge >= 0.3 is 0 Å². The van der Waals surface area contributed by atoms with Crippen molar-refractivity contribution in [2.45, 2.75) is 39.7 Å². The summed E-state index contributed by atoms with van der Waals surface area (Å²) < 4.78 is 0. The molecule has 0 fully saturated rings. The van der Waals surface area contributed by atoms with Crippen molar-refractivity contribution in [2.75, 3.05) is 0 Å². The van der Waals surface area contributed by atoms with Crippen LogP contribution in [0.25, 0.3) is 0 Å². The van der Waals surface area contributed by atoms with Gasteiger partial charge in [0.25, 0.3) is 0 Å². The van der Waals surface area contributed by atoms with Crippen LogP contribution in [-0.4, -0.2) is 15.3 Å². The van der Waals surface area contributed by atoms with E-state index >= 15 is 0 Å². The van der Waals surface area contributed by atoms with E-state index in [1.807, 2.05) is 6.07 Å². The number of hydrogen-bond acceptors (Lipinski definition) is 2. The van der Waals surface area contributed by atoms with Crippen LogP contribution in [0, 0.1) is 5.92 Å². The topological polar surface area (TPSA) is 48.9 Å². The highest BCUT2D eigenvalue weighted by atomic mass is 16.3. The standard InChI is InChI=1S/C10H18N2O/c1-7(2)5-8-6-9(12-11-8)10(3,4)13/h6-7,13H,5H2,1-4H3,(H,11,12). The Bertz CT molecular complexity index is 271. The zero-order valence-corrected chi connectivity index (χ0v) is 8.76. The Morgan fingerprint density at radius 3 is 2.54 bits per heavy atom. The molecule has 0 saturated heterocycles. The largest absolute Gasteiger partial charge is 0.384 e. The van der Waals surface area contributed by atoms with Gasteiger partial charge in [0.15, 0.2) is 0 Å². The molecule has 0 unspecified atom stereocenters. The monoisotopic (exact) mass is 182 g/mol. The molecule has 0 aliphatic carbocycles. The molecule has 1 aromatic heterocycles. The zero-order valence-electron chi connectivity index (χ0n) is 8.76. The first-order valence-corrected chi connectivity index (χ1v) is 4.66. The second-order valence-electron chi connectivity index (χ2n) is 4.44. The fourth-order valence-corrected chi connectivity index (χ4v) is 1.22. The number of nitrogens with zero attached hydrogens (tertiary/aromatic N) is 1. The molecular formula is C10H18N2O. The molecule has 3 heteroatoms. The lowest BCUT2D eigenvalue weighted by Crippen LogP contribution is -2.15. The van der Waals surface area contributed by atoms with Gasteiger partial charge in [-0.25, -0.2) is 0 Å². The molecule has 1 heterocycles. The summed E-state index contributed by atoms with van der Waals surface area (Å²) in [7, 11) is 0. The number of aromatic amines is 1. The van der Waals surface area contributed by atoms with Crippen molar-refractivity contribution in [1.29, 1.82) is 0 Å². The van der Waals surface area contributed by atoms with Crippen molar-refractivity contribution < 1.29 is 5.11 Å². The molecule has 0 atom stereocenters. The first kappa shape index (κ1) is 10.3. The molecule has 1 aromatic rings. The Kier molecular flexibility index (Phi) is 2.76. The summed E-state index contributed by atoms with van der Waals surface area (Å²) in [6.45, 7) is 7.79. The Labute approximate surface area is 79.2 Å². The number of aliphatic hydroxyl groups is 1. The Morgan fingerprint density at radius 1 is 1.54 bits per heavy atom. The number of aromatic nitrogens is 2. The van der Waals surface area contributed by atoms with Gasteiger partial charge in [-0.3, -0.25) is 5.10 Å². The van der Waals surface area contributed by atoms with Gasteiger partial charge in [0.2, 0.25) is 0 Å². The molecule has 0 aliphatic rings.